The van der Waals surface area contributed by atoms with Crippen LogP contribution in [-0.4, -0.2) is 11.9 Å². The molecule has 2 heteroatoms. The van der Waals surface area contributed by atoms with Crippen LogP contribution in [0.3, 0.4) is 0 Å². The maximum atomic E-state index is 11.8. The van der Waals surface area contributed by atoms with E-state index < -0.39 is 0 Å². The van der Waals surface area contributed by atoms with E-state index in [0.717, 1.165) is 17.8 Å². The van der Waals surface area contributed by atoms with Crippen molar-refractivity contribution in [2.75, 3.05) is 0 Å². The molecule has 4 bridgehead atoms. The zero-order chi connectivity index (χ0) is 12.9. The Morgan fingerprint density at radius 2 is 1.61 bits per heavy atom. The molecule has 1 atom stereocenters. The minimum Gasteiger partial charge on any atom is -0.349 e. The van der Waals surface area contributed by atoms with Gasteiger partial charge in [-0.15, -0.1) is 0 Å². The number of carbonyl (C=O) groups is 1. The summed E-state index contributed by atoms with van der Waals surface area (Å²) < 4.78 is 0. The summed E-state index contributed by atoms with van der Waals surface area (Å²) in [4.78, 5) is 11.8. The SMILES string of the molecule is C=C(C)C(=O)N[C@H](C)C12CC3CC(CC(C3)C1)C2. The summed E-state index contributed by atoms with van der Waals surface area (Å²) in [7, 11) is 0. The minimum absolute atomic E-state index is 0.0400. The summed E-state index contributed by atoms with van der Waals surface area (Å²) in [6.45, 7) is 7.75. The van der Waals surface area contributed by atoms with Gasteiger partial charge in [0.15, 0.2) is 0 Å². The maximum absolute atomic E-state index is 11.8. The molecule has 4 saturated carbocycles. The second-order valence-corrected chi connectivity index (χ2v) is 7.26. The van der Waals surface area contributed by atoms with E-state index in [4.69, 9.17) is 0 Å². The normalized spacial score (nSPS) is 42.7. The molecule has 2 nitrogen and oxygen atoms in total. The molecule has 0 radical (unpaired) electrons. The van der Waals surface area contributed by atoms with E-state index in [1.54, 1.807) is 6.92 Å². The Hall–Kier alpha value is -0.790. The summed E-state index contributed by atoms with van der Waals surface area (Å²) >= 11 is 0. The van der Waals surface area contributed by atoms with Crippen molar-refractivity contribution in [2.24, 2.45) is 23.2 Å². The quantitative estimate of drug-likeness (QED) is 0.762. The van der Waals surface area contributed by atoms with E-state index in [2.05, 4.69) is 18.8 Å². The smallest absolute Gasteiger partial charge is 0.246 e. The lowest BCUT2D eigenvalue weighted by Gasteiger charge is -2.59. The molecule has 1 N–H and O–H groups in total. The summed E-state index contributed by atoms with van der Waals surface area (Å²) in [6.07, 6.45) is 8.41. The first-order valence-electron chi connectivity index (χ1n) is 7.45. The molecular weight excluding hydrogens is 222 g/mol. The summed E-state index contributed by atoms with van der Waals surface area (Å²) in [6, 6.07) is 0.315. The number of nitrogens with one attached hydrogen (secondary N) is 1. The summed E-state index contributed by atoms with van der Waals surface area (Å²) in [5.74, 6) is 2.87. The third-order valence-corrected chi connectivity index (χ3v) is 5.74. The maximum Gasteiger partial charge on any atom is 0.246 e. The molecule has 100 valence electrons. The average Bonchev–Trinajstić information content (AvgIpc) is 2.26. The Labute approximate surface area is 110 Å². The van der Waals surface area contributed by atoms with Gasteiger partial charge >= 0.3 is 0 Å². The molecular formula is C16H25NO. The lowest BCUT2D eigenvalue weighted by atomic mass is 9.48. The Morgan fingerprint density at radius 1 is 1.17 bits per heavy atom. The highest BCUT2D eigenvalue weighted by Crippen LogP contribution is 2.61. The molecule has 4 aliphatic rings. The van der Waals surface area contributed by atoms with Crippen LogP contribution in [0.1, 0.15) is 52.4 Å². The van der Waals surface area contributed by atoms with Crippen LogP contribution >= 0.6 is 0 Å². The Kier molecular flexibility index (Phi) is 2.80. The van der Waals surface area contributed by atoms with Gasteiger partial charge < -0.3 is 5.32 Å². The van der Waals surface area contributed by atoms with E-state index in [0.29, 0.717) is 17.0 Å². The van der Waals surface area contributed by atoms with Crippen LogP contribution < -0.4 is 5.32 Å². The van der Waals surface area contributed by atoms with Gasteiger partial charge in [-0.1, -0.05) is 6.58 Å². The van der Waals surface area contributed by atoms with Crippen LogP contribution in [0.4, 0.5) is 0 Å². The van der Waals surface area contributed by atoms with Crippen molar-refractivity contribution in [3.05, 3.63) is 12.2 Å². The van der Waals surface area contributed by atoms with Crippen LogP contribution in [-0.2, 0) is 4.79 Å². The largest absolute Gasteiger partial charge is 0.349 e. The predicted octanol–water partition coefficient (Wildman–Crippen LogP) is 3.28. The predicted molar refractivity (Wildman–Crippen MR) is 73.0 cm³/mol. The zero-order valence-corrected chi connectivity index (χ0v) is 11.7. The van der Waals surface area contributed by atoms with Crippen molar-refractivity contribution in [1.29, 1.82) is 0 Å². The molecule has 0 aromatic rings. The van der Waals surface area contributed by atoms with Gasteiger partial charge in [0, 0.05) is 11.6 Å². The Morgan fingerprint density at radius 3 is 2.00 bits per heavy atom. The van der Waals surface area contributed by atoms with Crippen LogP contribution in [0.25, 0.3) is 0 Å². The molecule has 0 spiro atoms. The van der Waals surface area contributed by atoms with Crippen molar-refractivity contribution in [3.63, 3.8) is 0 Å². The van der Waals surface area contributed by atoms with Crippen LogP contribution in [0.5, 0.6) is 0 Å². The lowest BCUT2D eigenvalue weighted by Crippen LogP contribution is -2.55. The first-order chi connectivity index (χ1) is 8.48. The molecule has 0 saturated heterocycles. The van der Waals surface area contributed by atoms with Crippen LogP contribution in [0.15, 0.2) is 12.2 Å². The van der Waals surface area contributed by atoms with E-state index in [1.165, 1.54) is 38.5 Å². The molecule has 1 amide bonds. The van der Waals surface area contributed by atoms with Gasteiger partial charge in [-0.3, -0.25) is 4.79 Å². The highest BCUT2D eigenvalue weighted by Gasteiger charge is 2.53. The standard InChI is InChI=1S/C16H25NO/c1-10(2)15(18)17-11(3)16-7-12-4-13(8-16)6-14(5-12)9-16/h11-14H,1,4-9H2,2-3H3,(H,17,18)/t11-,12?,13?,14?,16?/m1/s1. The first kappa shape index (κ1) is 12.3. The van der Waals surface area contributed by atoms with Crippen molar-refractivity contribution in [1.82, 2.24) is 5.32 Å². The molecule has 0 aliphatic heterocycles. The van der Waals surface area contributed by atoms with Gasteiger partial charge in [-0.05, 0) is 75.5 Å². The van der Waals surface area contributed by atoms with Gasteiger partial charge in [0.05, 0.1) is 0 Å². The Balaban J connectivity index is 1.74. The molecule has 4 fully saturated rings. The second-order valence-electron chi connectivity index (χ2n) is 7.26. The van der Waals surface area contributed by atoms with Crippen LogP contribution in [0.2, 0.25) is 0 Å². The van der Waals surface area contributed by atoms with Crippen LogP contribution in [0, 0.1) is 23.2 Å². The van der Waals surface area contributed by atoms with Gasteiger partial charge in [0.1, 0.15) is 0 Å². The van der Waals surface area contributed by atoms with E-state index in [-0.39, 0.29) is 5.91 Å². The number of carbonyl (C=O) groups excluding carboxylic acids is 1. The van der Waals surface area contributed by atoms with Gasteiger partial charge in [-0.25, -0.2) is 0 Å². The fourth-order valence-electron chi connectivity index (χ4n) is 5.18. The average molecular weight is 247 g/mol. The zero-order valence-electron chi connectivity index (χ0n) is 11.7. The highest BCUT2D eigenvalue weighted by atomic mass is 16.1. The van der Waals surface area contributed by atoms with E-state index in [9.17, 15) is 4.79 Å². The van der Waals surface area contributed by atoms with Gasteiger partial charge in [0.25, 0.3) is 0 Å². The fraction of sp³-hybridized carbons (Fsp3) is 0.812. The third kappa shape index (κ3) is 1.90. The number of rotatable bonds is 3. The molecule has 0 unspecified atom stereocenters. The topological polar surface area (TPSA) is 29.1 Å². The fourth-order valence-corrected chi connectivity index (χ4v) is 5.18. The van der Waals surface area contributed by atoms with Gasteiger partial charge in [0.2, 0.25) is 5.91 Å². The number of amides is 1. The van der Waals surface area contributed by atoms with Crippen molar-refractivity contribution < 1.29 is 4.79 Å². The van der Waals surface area contributed by atoms with E-state index in [1.807, 2.05) is 0 Å². The monoisotopic (exact) mass is 247 g/mol. The first-order valence-corrected chi connectivity index (χ1v) is 7.45. The molecule has 4 rings (SSSR count). The molecule has 0 aromatic heterocycles. The summed E-state index contributed by atoms with van der Waals surface area (Å²) in [5, 5.41) is 3.20. The lowest BCUT2D eigenvalue weighted by molar-refractivity contribution is -0.122. The van der Waals surface area contributed by atoms with Gasteiger partial charge in [-0.2, -0.15) is 0 Å². The molecule has 18 heavy (non-hydrogen) atoms. The molecule has 4 aliphatic carbocycles. The van der Waals surface area contributed by atoms with Crippen molar-refractivity contribution in [3.8, 4) is 0 Å². The molecule has 0 heterocycles. The van der Waals surface area contributed by atoms with E-state index >= 15 is 0 Å². The Bertz CT molecular complexity index is 349. The summed E-state index contributed by atoms with van der Waals surface area (Å²) in [5.41, 5.74) is 1.03. The number of hydrogen-bond donors (Lipinski definition) is 1. The van der Waals surface area contributed by atoms with Crippen molar-refractivity contribution >= 4 is 5.91 Å². The third-order valence-electron chi connectivity index (χ3n) is 5.74. The minimum atomic E-state index is 0.0400. The second kappa shape index (κ2) is 4.11. The molecule has 0 aromatic carbocycles. The van der Waals surface area contributed by atoms with Crippen molar-refractivity contribution in [2.45, 2.75) is 58.4 Å². The highest BCUT2D eigenvalue weighted by molar-refractivity contribution is 5.92. The number of hydrogen-bond acceptors (Lipinski definition) is 1.